The molecule has 2 unspecified atom stereocenters. The van der Waals surface area contributed by atoms with Crippen LogP contribution in [0.3, 0.4) is 0 Å². The van der Waals surface area contributed by atoms with Crippen LogP contribution in [0.4, 0.5) is 4.39 Å². The Hall–Kier alpha value is -2.21. The zero-order chi connectivity index (χ0) is 23.3. The molecule has 1 aliphatic heterocycles. The van der Waals surface area contributed by atoms with E-state index >= 15 is 0 Å². The van der Waals surface area contributed by atoms with Crippen LogP contribution in [0.25, 0.3) is 6.08 Å². The molecule has 4 nitrogen and oxygen atoms in total. The van der Waals surface area contributed by atoms with E-state index in [9.17, 15) is 9.50 Å². The molecule has 2 fully saturated rings. The second kappa shape index (κ2) is 10.8. The van der Waals surface area contributed by atoms with Gasteiger partial charge in [0.2, 0.25) is 0 Å². The fourth-order valence-corrected chi connectivity index (χ4v) is 5.32. The van der Waals surface area contributed by atoms with Gasteiger partial charge in [0.05, 0.1) is 12.7 Å². The largest absolute Gasteiger partial charge is 0.497 e. The lowest BCUT2D eigenvalue weighted by molar-refractivity contribution is -0.00645. The van der Waals surface area contributed by atoms with Crippen molar-refractivity contribution in [2.45, 2.75) is 37.7 Å². The van der Waals surface area contributed by atoms with Gasteiger partial charge in [-0.3, -0.25) is 0 Å². The number of methoxy groups -OCH3 is 1. The summed E-state index contributed by atoms with van der Waals surface area (Å²) >= 11 is 0. The van der Waals surface area contributed by atoms with E-state index in [1.165, 1.54) is 12.1 Å². The minimum Gasteiger partial charge on any atom is -0.497 e. The Kier molecular flexibility index (Phi) is 7.84. The average molecular weight is 453 g/mol. The lowest BCUT2D eigenvalue weighted by atomic mass is 9.74. The number of likely N-dealkylation sites (N-methyl/N-ethyl adjacent to an activating group) is 1. The monoisotopic (exact) mass is 452 g/mol. The molecule has 1 saturated carbocycles. The van der Waals surface area contributed by atoms with Crippen molar-refractivity contribution >= 4 is 6.08 Å². The first-order valence-electron chi connectivity index (χ1n) is 12.2. The van der Waals surface area contributed by atoms with Crippen LogP contribution in [0.15, 0.2) is 54.1 Å². The quantitative estimate of drug-likeness (QED) is 0.649. The van der Waals surface area contributed by atoms with Gasteiger partial charge in [-0.25, -0.2) is 4.39 Å². The summed E-state index contributed by atoms with van der Waals surface area (Å²) in [4.78, 5) is 4.88. The molecule has 0 bridgehead atoms. The molecule has 0 spiro atoms. The van der Waals surface area contributed by atoms with Gasteiger partial charge in [-0.2, -0.15) is 0 Å². The normalized spacial score (nSPS) is 26.3. The van der Waals surface area contributed by atoms with Crippen LogP contribution in [0.2, 0.25) is 0 Å². The van der Waals surface area contributed by atoms with Gasteiger partial charge in [0.1, 0.15) is 11.6 Å². The van der Waals surface area contributed by atoms with Gasteiger partial charge in [0.15, 0.2) is 0 Å². The number of nitrogens with zero attached hydrogens (tertiary/aromatic N) is 2. The number of piperazine rings is 1. The second-order valence-corrected chi connectivity index (χ2v) is 9.72. The topological polar surface area (TPSA) is 35.9 Å². The highest BCUT2D eigenvalue weighted by atomic mass is 19.1. The SMILES string of the molecule is COc1cccc(CC2(O)C(=Cc3ccc(F)cc3)CCCCC2CN2CCN(C)CC2)c1. The van der Waals surface area contributed by atoms with Gasteiger partial charge in [-0.1, -0.05) is 36.8 Å². The Bertz CT molecular complexity index is 937. The minimum atomic E-state index is -0.958. The molecule has 2 atom stereocenters. The number of benzene rings is 2. The predicted molar refractivity (Wildman–Crippen MR) is 132 cm³/mol. The van der Waals surface area contributed by atoms with Gasteiger partial charge in [0, 0.05) is 45.1 Å². The molecule has 1 saturated heterocycles. The molecule has 0 amide bonds. The van der Waals surface area contributed by atoms with Gasteiger partial charge in [-0.05, 0) is 67.3 Å². The smallest absolute Gasteiger partial charge is 0.123 e. The van der Waals surface area contributed by atoms with Crippen molar-refractivity contribution in [3.63, 3.8) is 0 Å². The Balaban J connectivity index is 1.68. The summed E-state index contributed by atoms with van der Waals surface area (Å²) in [6.45, 7) is 5.12. The third kappa shape index (κ3) is 6.03. The molecule has 178 valence electrons. The molecular weight excluding hydrogens is 415 g/mol. The van der Waals surface area contributed by atoms with Crippen LogP contribution in [0, 0.1) is 11.7 Å². The number of hydrogen-bond donors (Lipinski definition) is 1. The molecule has 1 aliphatic carbocycles. The summed E-state index contributed by atoms with van der Waals surface area (Å²) in [6, 6.07) is 14.6. The molecular formula is C28H37FN2O2. The molecule has 33 heavy (non-hydrogen) atoms. The molecule has 0 radical (unpaired) electrons. The Morgan fingerprint density at radius 1 is 1.09 bits per heavy atom. The molecule has 1 heterocycles. The van der Waals surface area contributed by atoms with Gasteiger partial charge >= 0.3 is 0 Å². The van der Waals surface area contributed by atoms with Crippen molar-refractivity contribution < 1.29 is 14.2 Å². The van der Waals surface area contributed by atoms with E-state index in [1.807, 2.05) is 18.2 Å². The Labute approximate surface area is 197 Å². The van der Waals surface area contributed by atoms with E-state index in [2.05, 4.69) is 29.0 Å². The van der Waals surface area contributed by atoms with E-state index in [0.29, 0.717) is 6.42 Å². The highest BCUT2D eigenvalue weighted by molar-refractivity contribution is 5.56. The minimum absolute atomic E-state index is 0.140. The number of aliphatic hydroxyl groups is 1. The summed E-state index contributed by atoms with van der Waals surface area (Å²) in [6.07, 6.45) is 6.69. The maximum Gasteiger partial charge on any atom is 0.123 e. The van der Waals surface area contributed by atoms with E-state index < -0.39 is 5.60 Å². The highest BCUT2D eigenvalue weighted by Crippen LogP contribution is 2.41. The molecule has 4 rings (SSSR count). The Morgan fingerprint density at radius 2 is 1.85 bits per heavy atom. The predicted octanol–water partition coefficient (Wildman–Crippen LogP) is 4.63. The van der Waals surface area contributed by atoms with Crippen LogP contribution in [0.5, 0.6) is 5.75 Å². The first kappa shape index (κ1) is 23.9. The van der Waals surface area contributed by atoms with Crippen molar-refractivity contribution in [1.29, 1.82) is 0 Å². The first-order chi connectivity index (χ1) is 16.0. The molecule has 2 aromatic rings. The second-order valence-electron chi connectivity index (χ2n) is 9.72. The zero-order valence-electron chi connectivity index (χ0n) is 20.0. The van der Waals surface area contributed by atoms with E-state index in [1.54, 1.807) is 19.2 Å². The van der Waals surface area contributed by atoms with Crippen molar-refractivity contribution in [3.8, 4) is 5.75 Å². The standard InChI is InChI=1S/C28H37FN2O2/c1-30-14-16-31(17-15-30)21-25-8-4-3-7-24(18-22-10-12-26(29)13-11-22)28(25,32)20-23-6-5-9-27(19-23)33-2/h5-6,9-13,18-19,25,32H,3-4,7-8,14-17,20-21H2,1-2H3. The summed E-state index contributed by atoms with van der Waals surface area (Å²) in [5.41, 5.74) is 2.12. The third-order valence-corrected chi connectivity index (χ3v) is 7.37. The summed E-state index contributed by atoms with van der Waals surface area (Å²) in [5.74, 6) is 0.711. The fourth-order valence-electron chi connectivity index (χ4n) is 5.32. The zero-order valence-corrected chi connectivity index (χ0v) is 20.0. The van der Waals surface area contributed by atoms with Crippen molar-refractivity contribution in [2.75, 3.05) is 46.9 Å². The fraction of sp³-hybridized carbons (Fsp3) is 0.500. The van der Waals surface area contributed by atoms with Crippen molar-refractivity contribution in [1.82, 2.24) is 9.80 Å². The molecule has 0 aromatic heterocycles. The van der Waals surface area contributed by atoms with E-state index in [4.69, 9.17) is 4.74 Å². The number of halogens is 1. The maximum absolute atomic E-state index is 13.5. The highest BCUT2D eigenvalue weighted by Gasteiger charge is 2.42. The van der Waals surface area contributed by atoms with E-state index in [0.717, 1.165) is 80.9 Å². The van der Waals surface area contributed by atoms with Crippen LogP contribution in [-0.2, 0) is 6.42 Å². The number of hydrogen-bond acceptors (Lipinski definition) is 4. The number of ether oxygens (including phenoxy) is 1. The molecule has 1 N–H and O–H groups in total. The molecule has 2 aliphatic rings. The third-order valence-electron chi connectivity index (χ3n) is 7.37. The van der Waals surface area contributed by atoms with Crippen molar-refractivity contribution in [3.05, 3.63) is 71.0 Å². The van der Waals surface area contributed by atoms with E-state index in [-0.39, 0.29) is 11.7 Å². The van der Waals surface area contributed by atoms with Crippen LogP contribution < -0.4 is 4.74 Å². The first-order valence-corrected chi connectivity index (χ1v) is 12.2. The van der Waals surface area contributed by atoms with Crippen LogP contribution >= 0.6 is 0 Å². The van der Waals surface area contributed by atoms with Crippen LogP contribution in [0.1, 0.15) is 36.8 Å². The van der Waals surface area contributed by atoms with Gasteiger partial charge in [-0.15, -0.1) is 0 Å². The molecule has 5 heteroatoms. The lowest BCUT2D eigenvalue weighted by Crippen LogP contribution is -2.51. The summed E-state index contributed by atoms with van der Waals surface area (Å²) < 4.78 is 18.9. The lowest BCUT2D eigenvalue weighted by Gasteiger charge is -2.42. The summed E-state index contributed by atoms with van der Waals surface area (Å²) in [7, 11) is 3.85. The Morgan fingerprint density at radius 3 is 2.58 bits per heavy atom. The van der Waals surface area contributed by atoms with Crippen LogP contribution in [-0.4, -0.2) is 67.4 Å². The maximum atomic E-state index is 13.5. The van der Waals surface area contributed by atoms with Gasteiger partial charge in [0.25, 0.3) is 0 Å². The van der Waals surface area contributed by atoms with Crippen molar-refractivity contribution in [2.24, 2.45) is 5.92 Å². The van der Waals surface area contributed by atoms with Gasteiger partial charge < -0.3 is 19.6 Å². The molecule has 2 aromatic carbocycles. The summed E-state index contributed by atoms with van der Waals surface area (Å²) in [5, 5.41) is 12.5. The average Bonchev–Trinajstić information content (AvgIpc) is 2.96. The number of rotatable bonds is 6.